The SMILES string of the molecule is CC(C)n1ncc2c(C(=O)OCC(=O)N3CCC[C@@H](C)C3)cc(-c3ccccc3)nc21. The third-order valence-electron chi connectivity index (χ3n) is 5.68. The first-order valence-electron chi connectivity index (χ1n) is 10.8. The number of nitrogens with zero attached hydrogens (tertiary/aromatic N) is 4. The van der Waals surface area contributed by atoms with E-state index in [0.29, 0.717) is 28.2 Å². The molecule has 1 atom stereocenters. The Morgan fingerprint density at radius 1 is 1.23 bits per heavy atom. The first kappa shape index (κ1) is 21.0. The Hall–Kier alpha value is -3.22. The molecule has 3 heterocycles. The van der Waals surface area contributed by atoms with Gasteiger partial charge in [0.25, 0.3) is 5.91 Å². The normalized spacial score (nSPS) is 16.6. The maximum Gasteiger partial charge on any atom is 0.339 e. The molecule has 0 bridgehead atoms. The van der Waals surface area contributed by atoms with Gasteiger partial charge in [0.1, 0.15) is 0 Å². The summed E-state index contributed by atoms with van der Waals surface area (Å²) >= 11 is 0. The number of carbonyl (C=O) groups excluding carboxylic acids is 2. The van der Waals surface area contributed by atoms with E-state index >= 15 is 0 Å². The van der Waals surface area contributed by atoms with Crippen molar-refractivity contribution in [1.82, 2.24) is 19.7 Å². The summed E-state index contributed by atoms with van der Waals surface area (Å²) in [7, 11) is 0. The summed E-state index contributed by atoms with van der Waals surface area (Å²) in [6.45, 7) is 7.35. The van der Waals surface area contributed by atoms with Crippen molar-refractivity contribution in [1.29, 1.82) is 0 Å². The standard InChI is InChI=1S/C24H28N4O3/c1-16(2)28-23-20(13-25-28)19(12-21(26-23)18-9-5-4-6-10-18)24(30)31-15-22(29)27-11-7-8-17(3)14-27/h4-6,9-10,12-13,16-17H,7-8,11,14-15H2,1-3H3/t17-/m1/s1. The summed E-state index contributed by atoms with van der Waals surface area (Å²) in [5, 5.41) is 5.04. The Bertz CT molecular complexity index is 1090. The second-order valence-electron chi connectivity index (χ2n) is 8.50. The fraction of sp³-hybridized carbons (Fsp3) is 0.417. The molecular weight excluding hydrogens is 392 g/mol. The van der Waals surface area contributed by atoms with Crippen LogP contribution in [-0.4, -0.2) is 51.2 Å². The Labute approximate surface area is 182 Å². The third kappa shape index (κ3) is 4.45. The van der Waals surface area contributed by atoms with Gasteiger partial charge < -0.3 is 9.64 Å². The van der Waals surface area contributed by atoms with Crippen LogP contribution in [0.25, 0.3) is 22.3 Å². The molecular formula is C24H28N4O3. The fourth-order valence-electron chi connectivity index (χ4n) is 4.03. The highest BCUT2D eigenvalue weighted by atomic mass is 16.5. The second-order valence-corrected chi connectivity index (χ2v) is 8.50. The molecule has 1 fully saturated rings. The van der Waals surface area contributed by atoms with Crippen LogP contribution in [-0.2, 0) is 9.53 Å². The zero-order chi connectivity index (χ0) is 22.0. The van der Waals surface area contributed by atoms with Crippen LogP contribution in [0.15, 0.2) is 42.6 Å². The summed E-state index contributed by atoms with van der Waals surface area (Å²) in [6.07, 6.45) is 3.75. The van der Waals surface area contributed by atoms with Gasteiger partial charge in [-0.25, -0.2) is 14.5 Å². The number of carbonyl (C=O) groups is 2. The van der Waals surface area contributed by atoms with E-state index in [-0.39, 0.29) is 18.6 Å². The van der Waals surface area contributed by atoms with E-state index < -0.39 is 5.97 Å². The molecule has 162 valence electrons. The van der Waals surface area contributed by atoms with Crippen molar-refractivity contribution in [3.63, 3.8) is 0 Å². The molecule has 7 nitrogen and oxygen atoms in total. The van der Waals surface area contributed by atoms with Gasteiger partial charge in [-0.1, -0.05) is 37.3 Å². The largest absolute Gasteiger partial charge is 0.452 e. The van der Waals surface area contributed by atoms with Crippen LogP contribution in [0.5, 0.6) is 0 Å². The van der Waals surface area contributed by atoms with Gasteiger partial charge in [0.15, 0.2) is 12.3 Å². The number of hydrogen-bond donors (Lipinski definition) is 0. The van der Waals surface area contributed by atoms with Gasteiger partial charge in [-0.3, -0.25) is 4.79 Å². The van der Waals surface area contributed by atoms with Gasteiger partial charge in [-0.2, -0.15) is 5.10 Å². The van der Waals surface area contributed by atoms with Gasteiger partial charge in [0.2, 0.25) is 0 Å². The molecule has 7 heteroatoms. The highest BCUT2D eigenvalue weighted by molar-refractivity contribution is 6.04. The van der Waals surface area contributed by atoms with Crippen molar-refractivity contribution in [3.8, 4) is 11.3 Å². The summed E-state index contributed by atoms with van der Waals surface area (Å²) < 4.78 is 7.24. The Morgan fingerprint density at radius 2 is 2.00 bits per heavy atom. The van der Waals surface area contributed by atoms with Crippen LogP contribution in [0.3, 0.4) is 0 Å². The summed E-state index contributed by atoms with van der Waals surface area (Å²) in [4.78, 5) is 32.1. The molecule has 0 aliphatic carbocycles. The maximum atomic E-state index is 13.0. The molecule has 2 aromatic heterocycles. The molecule has 1 amide bonds. The van der Waals surface area contributed by atoms with E-state index in [2.05, 4.69) is 12.0 Å². The number of pyridine rings is 1. The van der Waals surface area contributed by atoms with Crippen molar-refractivity contribution in [2.45, 2.75) is 39.7 Å². The minimum Gasteiger partial charge on any atom is -0.452 e. The number of fused-ring (bicyclic) bond motifs is 1. The van der Waals surface area contributed by atoms with Crippen LogP contribution in [0.2, 0.25) is 0 Å². The van der Waals surface area contributed by atoms with Crippen molar-refractivity contribution >= 4 is 22.9 Å². The van der Waals surface area contributed by atoms with Crippen LogP contribution in [0.4, 0.5) is 0 Å². The van der Waals surface area contributed by atoms with Crippen molar-refractivity contribution in [2.75, 3.05) is 19.7 Å². The molecule has 31 heavy (non-hydrogen) atoms. The van der Waals surface area contributed by atoms with Crippen LogP contribution < -0.4 is 0 Å². The summed E-state index contributed by atoms with van der Waals surface area (Å²) in [5.74, 6) is -0.207. The van der Waals surface area contributed by atoms with E-state index in [9.17, 15) is 9.59 Å². The summed E-state index contributed by atoms with van der Waals surface area (Å²) in [6, 6.07) is 11.5. The lowest BCUT2D eigenvalue weighted by atomic mass is 10.0. The molecule has 0 radical (unpaired) electrons. The molecule has 3 aromatic rings. The van der Waals surface area contributed by atoms with Gasteiger partial charge in [-0.15, -0.1) is 0 Å². The monoisotopic (exact) mass is 420 g/mol. The molecule has 1 aliphatic heterocycles. The van der Waals surface area contributed by atoms with Crippen molar-refractivity contribution in [3.05, 3.63) is 48.2 Å². The van der Waals surface area contributed by atoms with E-state index in [1.54, 1.807) is 21.8 Å². The Kier molecular flexibility index (Phi) is 6.02. The fourth-order valence-corrected chi connectivity index (χ4v) is 4.03. The molecule has 4 rings (SSSR count). The second kappa shape index (κ2) is 8.88. The molecule has 0 unspecified atom stereocenters. The van der Waals surface area contributed by atoms with E-state index in [1.165, 1.54) is 0 Å². The smallest absolute Gasteiger partial charge is 0.339 e. The minimum absolute atomic E-state index is 0.0857. The maximum absolute atomic E-state index is 13.0. The summed E-state index contributed by atoms with van der Waals surface area (Å²) in [5.41, 5.74) is 2.56. The molecule has 0 spiro atoms. The van der Waals surface area contributed by atoms with Crippen molar-refractivity contribution < 1.29 is 14.3 Å². The first-order chi connectivity index (χ1) is 14.9. The van der Waals surface area contributed by atoms with E-state index in [0.717, 1.165) is 31.5 Å². The number of esters is 1. The lowest BCUT2D eigenvalue weighted by molar-refractivity contribution is -0.136. The van der Waals surface area contributed by atoms with Crippen LogP contribution in [0.1, 0.15) is 50.0 Å². The van der Waals surface area contributed by atoms with E-state index in [1.807, 2.05) is 44.2 Å². The number of hydrogen-bond acceptors (Lipinski definition) is 5. The molecule has 1 aliphatic rings. The average Bonchev–Trinajstić information content (AvgIpc) is 3.21. The molecule has 0 N–H and O–H groups in total. The number of ether oxygens (including phenoxy) is 1. The zero-order valence-electron chi connectivity index (χ0n) is 18.2. The first-order valence-corrected chi connectivity index (χ1v) is 10.8. The number of rotatable bonds is 5. The third-order valence-corrected chi connectivity index (χ3v) is 5.68. The highest BCUT2D eigenvalue weighted by Crippen LogP contribution is 2.27. The minimum atomic E-state index is -0.536. The highest BCUT2D eigenvalue weighted by Gasteiger charge is 2.24. The van der Waals surface area contributed by atoms with Gasteiger partial charge >= 0.3 is 5.97 Å². The number of likely N-dealkylation sites (tertiary alicyclic amines) is 1. The Morgan fingerprint density at radius 3 is 2.71 bits per heavy atom. The topological polar surface area (TPSA) is 77.3 Å². The van der Waals surface area contributed by atoms with Crippen molar-refractivity contribution in [2.24, 2.45) is 5.92 Å². The van der Waals surface area contributed by atoms with Crippen LogP contribution in [0, 0.1) is 5.92 Å². The number of benzene rings is 1. The number of aromatic nitrogens is 3. The molecule has 1 saturated heterocycles. The number of amides is 1. The van der Waals surface area contributed by atoms with E-state index in [4.69, 9.17) is 9.72 Å². The van der Waals surface area contributed by atoms with Gasteiger partial charge in [0, 0.05) is 24.7 Å². The number of piperidine rings is 1. The lowest BCUT2D eigenvalue weighted by Gasteiger charge is -2.30. The Balaban J connectivity index is 1.62. The van der Waals surface area contributed by atoms with Crippen LogP contribution >= 0.6 is 0 Å². The predicted octanol–water partition coefficient (Wildman–Crippen LogP) is 4.09. The molecule has 0 saturated carbocycles. The average molecular weight is 421 g/mol. The van der Waals surface area contributed by atoms with Gasteiger partial charge in [0.05, 0.1) is 22.8 Å². The van der Waals surface area contributed by atoms with Gasteiger partial charge in [-0.05, 0) is 38.7 Å². The quantitative estimate of drug-likeness (QED) is 0.581. The lowest BCUT2D eigenvalue weighted by Crippen LogP contribution is -2.41. The predicted molar refractivity (Wildman–Crippen MR) is 119 cm³/mol. The molecule has 1 aromatic carbocycles. The zero-order valence-corrected chi connectivity index (χ0v) is 18.2.